The summed E-state index contributed by atoms with van der Waals surface area (Å²) in [5, 5.41) is 2.79. The fourth-order valence-corrected chi connectivity index (χ4v) is 5.56. The molecular formula is C19H24N2O5S2. The molecule has 1 atom stereocenters. The molecule has 28 heavy (non-hydrogen) atoms. The van der Waals surface area contributed by atoms with Crippen LogP contribution in [0.4, 0.5) is 0 Å². The van der Waals surface area contributed by atoms with E-state index in [9.17, 15) is 13.2 Å². The van der Waals surface area contributed by atoms with Crippen LogP contribution in [-0.4, -0.2) is 51.0 Å². The first kappa shape index (κ1) is 20.8. The van der Waals surface area contributed by atoms with E-state index in [1.165, 1.54) is 15.6 Å². The van der Waals surface area contributed by atoms with Gasteiger partial charge in [-0.1, -0.05) is 17.7 Å². The number of benzene rings is 1. The molecule has 0 unspecified atom stereocenters. The largest absolute Gasteiger partial charge is 0.481 e. The van der Waals surface area contributed by atoms with Gasteiger partial charge in [0.15, 0.2) is 6.10 Å². The van der Waals surface area contributed by atoms with Gasteiger partial charge >= 0.3 is 0 Å². The van der Waals surface area contributed by atoms with Crippen LogP contribution in [0.25, 0.3) is 0 Å². The molecule has 1 fully saturated rings. The van der Waals surface area contributed by atoms with Gasteiger partial charge in [-0.15, -0.1) is 11.3 Å². The molecule has 2 heterocycles. The Kier molecular flexibility index (Phi) is 6.71. The molecule has 3 rings (SSSR count). The summed E-state index contributed by atoms with van der Waals surface area (Å²) in [6, 6.07) is 10.8. The molecule has 1 saturated heterocycles. The lowest BCUT2D eigenvalue weighted by Crippen LogP contribution is -2.40. The quantitative estimate of drug-likeness (QED) is 0.736. The number of rotatable bonds is 7. The zero-order valence-corrected chi connectivity index (χ0v) is 17.5. The number of hydrogen-bond acceptors (Lipinski definition) is 6. The average molecular weight is 425 g/mol. The number of carbonyl (C=O) groups is 1. The smallest absolute Gasteiger partial charge is 0.261 e. The second-order valence-corrected chi connectivity index (χ2v) is 9.86. The summed E-state index contributed by atoms with van der Waals surface area (Å²) in [4.78, 5) is 13.0. The van der Waals surface area contributed by atoms with E-state index >= 15 is 0 Å². The van der Waals surface area contributed by atoms with E-state index < -0.39 is 16.1 Å². The minimum absolute atomic E-state index is 0.254. The van der Waals surface area contributed by atoms with Crippen molar-refractivity contribution in [1.82, 2.24) is 9.62 Å². The van der Waals surface area contributed by atoms with Gasteiger partial charge in [0.25, 0.3) is 15.9 Å². The van der Waals surface area contributed by atoms with Gasteiger partial charge in [0.1, 0.15) is 9.96 Å². The molecule has 152 valence electrons. The number of aryl methyl sites for hydroxylation is 1. The normalized spacial score (nSPS) is 16.5. The number of nitrogens with zero attached hydrogens (tertiary/aromatic N) is 1. The highest BCUT2D eigenvalue weighted by molar-refractivity contribution is 7.91. The maximum absolute atomic E-state index is 12.6. The summed E-state index contributed by atoms with van der Waals surface area (Å²) in [6.45, 7) is 5.45. The molecule has 0 saturated carbocycles. The van der Waals surface area contributed by atoms with E-state index in [2.05, 4.69) is 5.32 Å². The third-order valence-corrected chi connectivity index (χ3v) is 7.79. The first-order valence-corrected chi connectivity index (χ1v) is 11.3. The molecule has 1 aliphatic heterocycles. The molecule has 1 aromatic heterocycles. The summed E-state index contributed by atoms with van der Waals surface area (Å²) in [6.07, 6.45) is -0.653. The van der Waals surface area contributed by atoms with Gasteiger partial charge in [-0.3, -0.25) is 4.79 Å². The predicted molar refractivity (Wildman–Crippen MR) is 107 cm³/mol. The van der Waals surface area contributed by atoms with Crippen molar-refractivity contribution < 1.29 is 22.7 Å². The van der Waals surface area contributed by atoms with Crippen molar-refractivity contribution in [3.8, 4) is 5.75 Å². The maximum Gasteiger partial charge on any atom is 0.261 e. The van der Waals surface area contributed by atoms with Crippen molar-refractivity contribution in [2.24, 2.45) is 0 Å². The van der Waals surface area contributed by atoms with Crippen molar-refractivity contribution in [1.29, 1.82) is 0 Å². The van der Waals surface area contributed by atoms with Gasteiger partial charge in [-0.05, 0) is 38.1 Å². The summed E-state index contributed by atoms with van der Waals surface area (Å²) in [5.74, 6) is 0.370. The van der Waals surface area contributed by atoms with E-state index in [1.807, 2.05) is 31.2 Å². The van der Waals surface area contributed by atoms with Crippen LogP contribution in [0, 0.1) is 6.92 Å². The fourth-order valence-electron chi connectivity index (χ4n) is 2.70. The van der Waals surface area contributed by atoms with Gasteiger partial charge < -0.3 is 14.8 Å². The zero-order valence-electron chi connectivity index (χ0n) is 15.9. The van der Waals surface area contributed by atoms with Crippen LogP contribution in [0.1, 0.15) is 17.4 Å². The number of hydrogen-bond donors (Lipinski definition) is 1. The van der Waals surface area contributed by atoms with Crippen molar-refractivity contribution in [2.75, 3.05) is 26.3 Å². The number of amides is 1. The molecular weight excluding hydrogens is 400 g/mol. The van der Waals surface area contributed by atoms with E-state index in [4.69, 9.17) is 9.47 Å². The molecule has 9 heteroatoms. The first-order valence-electron chi connectivity index (χ1n) is 9.04. The molecule has 0 bridgehead atoms. The Balaban J connectivity index is 1.54. The van der Waals surface area contributed by atoms with Crippen molar-refractivity contribution >= 4 is 27.3 Å². The Labute approximate surface area is 169 Å². The number of sulfonamides is 1. The molecule has 1 N–H and O–H groups in total. The summed E-state index contributed by atoms with van der Waals surface area (Å²) < 4.78 is 37.9. The topological polar surface area (TPSA) is 84.9 Å². The van der Waals surface area contributed by atoms with E-state index in [0.717, 1.165) is 10.4 Å². The Hall–Kier alpha value is -1.94. The highest BCUT2D eigenvalue weighted by atomic mass is 32.2. The highest BCUT2D eigenvalue weighted by Gasteiger charge is 2.27. The fraction of sp³-hybridized carbons (Fsp3) is 0.421. The number of carbonyl (C=O) groups excluding carboxylic acids is 1. The van der Waals surface area contributed by atoms with Gasteiger partial charge in [-0.25, -0.2) is 8.42 Å². The lowest BCUT2D eigenvalue weighted by Gasteiger charge is -2.25. The third kappa shape index (κ3) is 5.11. The van der Waals surface area contributed by atoms with E-state index in [-0.39, 0.29) is 16.7 Å². The van der Waals surface area contributed by atoms with Crippen molar-refractivity contribution in [3.63, 3.8) is 0 Å². The second-order valence-electron chi connectivity index (χ2n) is 6.53. The van der Waals surface area contributed by atoms with Crippen LogP contribution in [-0.2, 0) is 26.1 Å². The van der Waals surface area contributed by atoms with Gasteiger partial charge in [-0.2, -0.15) is 4.31 Å². The molecule has 1 amide bonds. The average Bonchev–Trinajstić information content (AvgIpc) is 3.18. The monoisotopic (exact) mass is 424 g/mol. The third-order valence-electron chi connectivity index (χ3n) is 4.34. The number of ether oxygens (including phenoxy) is 2. The Morgan fingerprint density at radius 2 is 1.89 bits per heavy atom. The first-order chi connectivity index (χ1) is 13.4. The summed E-state index contributed by atoms with van der Waals surface area (Å²) in [5.41, 5.74) is 1.12. The molecule has 1 aromatic carbocycles. The van der Waals surface area contributed by atoms with E-state index in [1.54, 1.807) is 19.1 Å². The van der Waals surface area contributed by atoms with Crippen molar-refractivity contribution in [2.45, 2.75) is 30.7 Å². The lowest BCUT2D eigenvalue weighted by molar-refractivity contribution is -0.127. The number of nitrogens with one attached hydrogen (secondary N) is 1. The standard InChI is InChI=1S/C19H24N2O5S2/c1-14-3-5-16(6-4-14)26-15(2)19(22)20-13-17-7-8-18(27-17)28(23,24)21-9-11-25-12-10-21/h3-8,15H,9-13H2,1-2H3,(H,20,22)/t15-/m1/s1. The van der Waals surface area contributed by atoms with E-state index in [0.29, 0.717) is 32.1 Å². The van der Waals surface area contributed by atoms with Gasteiger partial charge in [0, 0.05) is 18.0 Å². The van der Waals surface area contributed by atoms with Crippen LogP contribution in [0.15, 0.2) is 40.6 Å². The highest BCUT2D eigenvalue weighted by Crippen LogP contribution is 2.25. The predicted octanol–water partition coefficient (Wildman–Crippen LogP) is 2.16. The summed E-state index contributed by atoms with van der Waals surface area (Å²) in [7, 11) is -3.51. The van der Waals surface area contributed by atoms with Crippen molar-refractivity contribution in [3.05, 3.63) is 46.8 Å². The Morgan fingerprint density at radius 1 is 1.21 bits per heavy atom. The van der Waals surface area contributed by atoms with Crippen LogP contribution in [0.3, 0.4) is 0 Å². The lowest BCUT2D eigenvalue weighted by atomic mass is 10.2. The minimum Gasteiger partial charge on any atom is -0.481 e. The Morgan fingerprint density at radius 3 is 2.57 bits per heavy atom. The van der Waals surface area contributed by atoms with Gasteiger partial charge in [0.05, 0.1) is 19.8 Å². The minimum atomic E-state index is -3.51. The second kappa shape index (κ2) is 9.04. The van der Waals surface area contributed by atoms with Gasteiger partial charge in [0.2, 0.25) is 0 Å². The number of thiophene rings is 1. The maximum atomic E-state index is 12.6. The molecule has 0 radical (unpaired) electrons. The zero-order chi connectivity index (χ0) is 20.1. The molecule has 0 aliphatic carbocycles. The molecule has 1 aliphatic rings. The molecule has 0 spiro atoms. The van der Waals surface area contributed by atoms with Crippen LogP contribution in [0.5, 0.6) is 5.75 Å². The number of morpholine rings is 1. The van der Waals surface area contributed by atoms with Crippen LogP contribution >= 0.6 is 11.3 Å². The SMILES string of the molecule is Cc1ccc(O[C@H](C)C(=O)NCc2ccc(S(=O)(=O)N3CCOCC3)s2)cc1. The molecule has 2 aromatic rings. The van der Waals surface area contributed by atoms with Crippen LogP contribution in [0.2, 0.25) is 0 Å². The Bertz CT molecular complexity index is 903. The van der Waals surface area contributed by atoms with Crippen LogP contribution < -0.4 is 10.1 Å². The summed E-state index contributed by atoms with van der Waals surface area (Å²) >= 11 is 1.17. The molecule has 7 nitrogen and oxygen atoms in total.